The zero-order chi connectivity index (χ0) is 11.2. The van der Waals surface area contributed by atoms with Gasteiger partial charge in [0.2, 0.25) is 0 Å². The van der Waals surface area contributed by atoms with Gasteiger partial charge in [-0.2, -0.15) is 5.10 Å². The Balaban J connectivity index is 2.03. The van der Waals surface area contributed by atoms with Crippen molar-refractivity contribution in [2.75, 3.05) is 0 Å². The molecule has 0 aliphatic rings. The molecule has 0 aliphatic carbocycles. The third-order valence-corrected chi connectivity index (χ3v) is 1.94. The van der Waals surface area contributed by atoms with Crippen LogP contribution in [-0.2, 0) is 6.54 Å². The van der Waals surface area contributed by atoms with Crippen LogP contribution in [0.1, 0.15) is 16.1 Å². The summed E-state index contributed by atoms with van der Waals surface area (Å²) in [6.45, 7) is 0.532. The number of pyridine rings is 1. The van der Waals surface area contributed by atoms with E-state index >= 15 is 0 Å². The van der Waals surface area contributed by atoms with Crippen LogP contribution in [0.3, 0.4) is 0 Å². The maximum Gasteiger partial charge on any atom is 0.151 e. The van der Waals surface area contributed by atoms with E-state index in [0.717, 1.165) is 6.29 Å². The smallest absolute Gasteiger partial charge is 0.151 e. The molecule has 0 radical (unpaired) electrons. The van der Waals surface area contributed by atoms with Crippen LogP contribution < -0.4 is 0 Å². The van der Waals surface area contributed by atoms with Crippen molar-refractivity contribution in [2.45, 2.75) is 6.54 Å². The van der Waals surface area contributed by atoms with Crippen molar-refractivity contribution in [2.24, 2.45) is 0 Å². The minimum atomic E-state index is 0.532. The van der Waals surface area contributed by atoms with E-state index in [1.165, 1.54) is 6.20 Å². The molecule has 4 heteroatoms. The largest absolute Gasteiger partial charge is 0.298 e. The van der Waals surface area contributed by atoms with Crippen LogP contribution >= 0.6 is 0 Å². The molecule has 2 aromatic rings. The maximum absolute atomic E-state index is 10.4. The van der Waals surface area contributed by atoms with Gasteiger partial charge in [-0.3, -0.25) is 9.48 Å². The fourth-order valence-electron chi connectivity index (χ4n) is 1.15. The molecule has 2 rings (SSSR count). The van der Waals surface area contributed by atoms with Gasteiger partial charge in [-0.05, 0) is 24.1 Å². The minimum Gasteiger partial charge on any atom is -0.298 e. The van der Waals surface area contributed by atoms with Gasteiger partial charge < -0.3 is 0 Å². The van der Waals surface area contributed by atoms with Crippen molar-refractivity contribution >= 4 is 6.29 Å². The fraction of sp³-hybridized carbons (Fsp3) is 0.0833. The summed E-state index contributed by atoms with van der Waals surface area (Å²) in [5.74, 6) is 5.84. The Kier molecular flexibility index (Phi) is 3.10. The van der Waals surface area contributed by atoms with Gasteiger partial charge in [-0.25, -0.2) is 4.98 Å². The Morgan fingerprint density at radius 1 is 1.44 bits per heavy atom. The second-order valence-corrected chi connectivity index (χ2v) is 3.10. The lowest BCUT2D eigenvalue weighted by Gasteiger charge is -1.91. The van der Waals surface area contributed by atoms with E-state index in [1.54, 1.807) is 23.0 Å². The molecule has 0 fully saturated rings. The van der Waals surface area contributed by atoms with Crippen LogP contribution in [0.4, 0.5) is 0 Å². The van der Waals surface area contributed by atoms with E-state index in [0.29, 0.717) is 17.8 Å². The highest BCUT2D eigenvalue weighted by Gasteiger charge is 1.90. The molecule has 2 heterocycles. The van der Waals surface area contributed by atoms with Gasteiger partial charge in [0.1, 0.15) is 12.2 Å². The highest BCUT2D eigenvalue weighted by molar-refractivity contribution is 5.74. The Morgan fingerprint density at radius 3 is 3.00 bits per heavy atom. The van der Waals surface area contributed by atoms with Gasteiger partial charge in [-0.1, -0.05) is 5.92 Å². The first-order chi connectivity index (χ1) is 7.88. The Hall–Kier alpha value is -2.41. The lowest BCUT2D eigenvalue weighted by Crippen LogP contribution is -1.95. The van der Waals surface area contributed by atoms with Crippen molar-refractivity contribution in [3.63, 3.8) is 0 Å². The first-order valence-corrected chi connectivity index (χ1v) is 4.76. The van der Waals surface area contributed by atoms with Crippen LogP contribution in [0.15, 0.2) is 36.8 Å². The lowest BCUT2D eigenvalue weighted by atomic mass is 10.3. The van der Waals surface area contributed by atoms with Crippen LogP contribution in [0.2, 0.25) is 0 Å². The summed E-state index contributed by atoms with van der Waals surface area (Å²) in [4.78, 5) is 14.4. The molecular weight excluding hydrogens is 202 g/mol. The van der Waals surface area contributed by atoms with E-state index in [9.17, 15) is 4.79 Å². The number of aromatic nitrogens is 3. The van der Waals surface area contributed by atoms with Crippen molar-refractivity contribution in [1.29, 1.82) is 0 Å². The number of nitrogens with zero attached hydrogens (tertiary/aromatic N) is 3. The molecule has 0 aromatic carbocycles. The molecule has 0 amide bonds. The standard InChI is InChI=1S/C12H9N3O/c16-10-11-4-5-12(13-9-11)3-1-7-15-8-2-6-14-15/h2,4-6,8-10H,7H2. The van der Waals surface area contributed by atoms with Crippen molar-refractivity contribution < 1.29 is 4.79 Å². The summed E-state index contributed by atoms with van der Waals surface area (Å²) in [5.41, 5.74) is 1.20. The summed E-state index contributed by atoms with van der Waals surface area (Å²) >= 11 is 0. The molecule has 0 N–H and O–H groups in total. The van der Waals surface area contributed by atoms with E-state index in [-0.39, 0.29) is 0 Å². The fourth-order valence-corrected chi connectivity index (χ4v) is 1.15. The van der Waals surface area contributed by atoms with Crippen LogP contribution in [0, 0.1) is 11.8 Å². The zero-order valence-electron chi connectivity index (χ0n) is 8.50. The van der Waals surface area contributed by atoms with Crippen molar-refractivity contribution in [1.82, 2.24) is 14.8 Å². The molecular formula is C12H9N3O. The Morgan fingerprint density at radius 2 is 2.38 bits per heavy atom. The third kappa shape index (κ3) is 2.55. The van der Waals surface area contributed by atoms with Gasteiger partial charge in [-0.15, -0.1) is 0 Å². The zero-order valence-corrected chi connectivity index (χ0v) is 8.50. The van der Waals surface area contributed by atoms with Crippen LogP contribution in [-0.4, -0.2) is 21.1 Å². The molecule has 78 valence electrons. The van der Waals surface area contributed by atoms with Gasteiger partial charge in [0.25, 0.3) is 0 Å². The number of carbonyl (C=O) groups excluding carboxylic acids is 1. The average Bonchev–Trinajstić information content (AvgIpc) is 2.83. The predicted molar refractivity (Wildman–Crippen MR) is 58.7 cm³/mol. The number of hydrogen-bond donors (Lipinski definition) is 0. The maximum atomic E-state index is 10.4. The Bertz CT molecular complexity index is 518. The second-order valence-electron chi connectivity index (χ2n) is 3.10. The first-order valence-electron chi connectivity index (χ1n) is 4.76. The Labute approximate surface area is 92.9 Å². The third-order valence-electron chi connectivity index (χ3n) is 1.94. The molecule has 0 aliphatic heterocycles. The first kappa shape index (κ1) is 10.1. The van der Waals surface area contributed by atoms with Crippen LogP contribution in [0.25, 0.3) is 0 Å². The topological polar surface area (TPSA) is 47.8 Å². The molecule has 16 heavy (non-hydrogen) atoms. The van der Waals surface area contributed by atoms with Crippen LogP contribution in [0.5, 0.6) is 0 Å². The molecule has 0 saturated heterocycles. The SMILES string of the molecule is O=Cc1ccc(C#CCn2cccn2)nc1. The quantitative estimate of drug-likeness (QED) is 0.553. The number of carbonyl (C=O) groups is 1. The highest BCUT2D eigenvalue weighted by Crippen LogP contribution is 1.95. The molecule has 4 nitrogen and oxygen atoms in total. The number of aldehydes is 1. The number of hydrogen-bond acceptors (Lipinski definition) is 3. The van der Waals surface area contributed by atoms with E-state index in [2.05, 4.69) is 21.9 Å². The van der Waals surface area contributed by atoms with Gasteiger partial charge in [0, 0.05) is 24.2 Å². The summed E-state index contributed by atoms with van der Waals surface area (Å²) in [5, 5.41) is 4.02. The normalized spacial score (nSPS) is 9.25. The van der Waals surface area contributed by atoms with Gasteiger partial charge in [0.05, 0.1) is 0 Å². The van der Waals surface area contributed by atoms with Crippen molar-refractivity contribution in [3.05, 3.63) is 48.0 Å². The molecule has 0 bridgehead atoms. The number of rotatable bonds is 2. The minimum absolute atomic E-state index is 0.532. The summed E-state index contributed by atoms with van der Waals surface area (Å²) in [7, 11) is 0. The summed E-state index contributed by atoms with van der Waals surface area (Å²) in [6, 6.07) is 5.26. The second kappa shape index (κ2) is 4.89. The van der Waals surface area contributed by atoms with Crippen molar-refractivity contribution in [3.8, 4) is 11.8 Å². The molecule has 0 saturated carbocycles. The highest BCUT2D eigenvalue weighted by atomic mass is 16.1. The van der Waals surface area contributed by atoms with E-state index in [4.69, 9.17) is 0 Å². The van der Waals surface area contributed by atoms with E-state index < -0.39 is 0 Å². The molecule has 2 aromatic heterocycles. The molecule has 0 unspecified atom stereocenters. The van der Waals surface area contributed by atoms with Gasteiger partial charge in [0.15, 0.2) is 6.29 Å². The van der Waals surface area contributed by atoms with E-state index in [1.807, 2.05) is 12.3 Å². The molecule has 0 atom stereocenters. The summed E-state index contributed by atoms with van der Waals surface area (Å²) < 4.78 is 1.73. The monoisotopic (exact) mass is 211 g/mol. The predicted octanol–water partition coefficient (Wildman–Crippen LogP) is 1.14. The summed E-state index contributed by atoms with van der Waals surface area (Å²) in [6.07, 6.45) is 5.81. The lowest BCUT2D eigenvalue weighted by molar-refractivity contribution is 0.112. The average molecular weight is 211 g/mol. The molecule has 0 spiro atoms. The van der Waals surface area contributed by atoms with Gasteiger partial charge >= 0.3 is 0 Å².